The highest BCUT2D eigenvalue weighted by Gasteiger charge is 2.18. The van der Waals surface area contributed by atoms with Crippen molar-refractivity contribution in [2.75, 3.05) is 13.1 Å². The van der Waals surface area contributed by atoms with Crippen molar-refractivity contribution in [2.45, 2.75) is 6.42 Å². The van der Waals surface area contributed by atoms with Gasteiger partial charge in [-0.15, -0.1) is 24.8 Å². The number of carbonyl (C=O) groups excluding carboxylic acids is 1. The second-order valence-electron chi connectivity index (χ2n) is 2.11. The highest BCUT2D eigenvalue weighted by Crippen LogP contribution is 2.04. The number of nitrogens with two attached hydrogens (primary N) is 1. The standard InChI is InChI=1S/C5H10N2O.2ClH/c6-2-4-1-5(8)7-3-4;;/h4H,1-3,6H2,(H,7,8);2*1H/t4-;;/m0../s1. The van der Waals surface area contributed by atoms with Gasteiger partial charge in [0, 0.05) is 13.0 Å². The molecule has 0 spiro atoms. The monoisotopic (exact) mass is 186 g/mol. The molecule has 0 aromatic carbocycles. The van der Waals surface area contributed by atoms with E-state index < -0.39 is 0 Å². The molecule has 3 nitrogen and oxygen atoms in total. The van der Waals surface area contributed by atoms with E-state index in [9.17, 15) is 4.79 Å². The third kappa shape index (κ3) is 3.25. The molecule has 62 valence electrons. The van der Waals surface area contributed by atoms with Crippen LogP contribution in [0.1, 0.15) is 6.42 Å². The average Bonchev–Trinajstić information content (AvgIpc) is 2.14. The van der Waals surface area contributed by atoms with Gasteiger partial charge in [0.15, 0.2) is 0 Å². The number of carbonyl (C=O) groups is 1. The maximum absolute atomic E-state index is 10.4. The molecule has 1 rings (SSSR count). The smallest absolute Gasteiger partial charge is 0.220 e. The first-order valence-electron chi connectivity index (χ1n) is 2.79. The summed E-state index contributed by atoms with van der Waals surface area (Å²) in [5.74, 6) is 0.531. The summed E-state index contributed by atoms with van der Waals surface area (Å²) in [6, 6.07) is 0. The Balaban J connectivity index is 0. The van der Waals surface area contributed by atoms with E-state index in [0.717, 1.165) is 6.54 Å². The van der Waals surface area contributed by atoms with Crippen molar-refractivity contribution >= 4 is 30.7 Å². The molecule has 0 aromatic rings. The van der Waals surface area contributed by atoms with Crippen LogP contribution in [0.4, 0.5) is 0 Å². The molecule has 1 atom stereocenters. The summed E-state index contributed by atoms with van der Waals surface area (Å²) in [6.45, 7) is 1.40. The van der Waals surface area contributed by atoms with Gasteiger partial charge in [-0.3, -0.25) is 4.79 Å². The lowest BCUT2D eigenvalue weighted by Gasteiger charge is -1.97. The summed E-state index contributed by atoms with van der Waals surface area (Å²) in [7, 11) is 0. The average molecular weight is 187 g/mol. The minimum absolute atomic E-state index is 0. The van der Waals surface area contributed by atoms with Crippen molar-refractivity contribution < 1.29 is 4.79 Å². The molecule has 1 aliphatic rings. The maximum Gasteiger partial charge on any atom is 0.220 e. The van der Waals surface area contributed by atoms with E-state index in [2.05, 4.69) is 5.32 Å². The SMILES string of the molecule is Cl.Cl.NC[C@H]1CNC(=O)C1. The van der Waals surface area contributed by atoms with Gasteiger partial charge in [-0.1, -0.05) is 0 Å². The highest BCUT2D eigenvalue weighted by atomic mass is 35.5. The Kier molecular flexibility index (Phi) is 7.31. The van der Waals surface area contributed by atoms with Crippen LogP contribution < -0.4 is 11.1 Å². The van der Waals surface area contributed by atoms with Crippen molar-refractivity contribution in [1.29, 1.82) is 0 Å². The Labute approximate surface area is 72.6 Å². The van der Waals surface area contributed by atoms with E-state index in [1.165, 1.54) is 0 Å². The Morgan fingerprint density at radius 2 is 2.20 bits per heavy atom. The fourth-order valence-electron chi connectivity index (χ4n) is 0.831. The molecule has 0 aliphatic carbocycles. The summed E-state index contributed by atoms with van der Waals surface area (Å²) in [6.07, 6.45) is 0.622. The molecule has 0 unspecified atom stereocenters. The number of hydrogen-bond donors (Lipinski definition) is 2. The predicted octanol–water partition coefficient (Wildman–Crippen LogP) is -0.0752. The normalized spacial score (nSPS) is 22.5. The fourth-order valence-corrected chi connectivity index (χ4v) is 0.831. The van der Waals surface area contributed by atoms with Crippen LogP contribution in [0.3, 0.4) is 0 Å². The van der Waals surface area contributed by atoms with Crippen LogP contribution in [0.15, 0.2) is 0 Å². The molecular formula is C5H12Cl2N2O. The van der Waals surface area contributed by atoms with Crippen molar-refractivity contribution in [1.82, 2.24) is 5.32 Å². The van der Waals surface area contributed by atoms with Crippen LogP contribution in [0.5, 0.6) is 0 Å². The molecule has 10 heavy (non-hydrogen) atoms. The summed E-state index contributed by atoms with van der Waals surface area (Å²) in [5.41, 5.74) is 5.30. The van der Waals surface area contributed by atoms with Crippen LogP contribution in [0.25, 0.3) is 0 Å². The second kappa shape index (κ2) is 5.77. The number of hydrogen-bond acceptors (Lipinski definition) is 2. The minimum Gasteiger partial charge on any atom is -0.356 e. The largest absolute Gasteiger partial charge is 0.356 e. The van der Waals surface area contributed by atoms with E-state index in [4.69, 9.17) is 5.73 Å². The topological polar surface area (TPSA) is 55.1 Å². The van der Waals surface area contributed by atoms with Gasteiger partial charge in [0.2, 0.25) is 5.91 Å². The van der Waals surface area contributed by atoms with Crippen LogP contribution in [0.2, 0.25) is 0 Å². The summed E-state index contributed by atoms with van der Waals surface area (Å²) < 4.78 is 0. The molecular weight excluding hydrogens is 175 g/mol. The van der Waals surface area contributed by atoms with E-state index in [0.29, 0.717) is 18.9 Å². The first-order valence-corrected chi connectivity index (χ1v) is 2.79. The van der Waals surface area contributed by atoms with Crippen molar-refractivity contribution in [3.05, 3.63) is 0 Å². The van der Waals surface area contributed by atoms with Gasteiger partial charge in [-0.05, 0) is 12.5 Å². The van der Waals surface area contributed by atoms with Crippen molar-refractivity contribution in [2.24, 2.45) is 11.7 Å². The molecule has 0 aromatic heterocycles. The van der Waals surface area contributed by atoms with Gasteiger partial charge in [-0.2, -0.15) is 0 Å². The molecule has 1 heterocycles. The first-order chi connectivity index (χ1) is 3.83. The lowest BCUT2D eigenvalue weighted by atomic mass is 10.1. The van der Waals surface area contributed by atoms with Crippen LogP contribution in [-0.4, -0.2) is 19.0 Å². The zero-order valence-corrected chi connectivity index (χ0v) is 7.13. The number of nitrogens with one attached hydrogen (secondary N) is 1. The number of rotatable bonds is 1. The lowest BCUT2D eigenvalue weighted by molar-refractivity contribution is -0.119. The summed E-state index contributed by atoms with van der Waals surface area (Å²) >= 11 is 0. The lowest BCUT2D eigenvalue weighted by Crippen LogP contribution is -2.17. The number of amides is 1. The molecule has 1 amide bonds. The molecule has 1 fully saturated rings. The van der Waals surface area contributed by atoms with E-state index >= 15 is 0 Å². The van der Waals surface area contributed by atoms with Crippen LogP contribution in [0, 0.1) is 5.92 Å². The van der Waals surface area contributed by atoms with Gasteiger partial charge in [0.05, 0.1) is 0 Å². The molecule has 1 aliphatic heterocycles. The van der Waals surface area contributed by atoms with Gasteiger partial charge in [-0.25, -0.2) is 0 Å². The number of halogens is 2. The summed E-state index contributed by atoms with van der Waals surface area (Å²) in [4.78, 5) is 10.4. The van der Waals surface area contributed by atoms with Crippen molar-refractivity contribution in [3.8, 4) is 0 Å². The quantitative estimate of drug-likeness (QED) is 0.603. The second-order valence-corrected chi connectivity index (χ2v) is 2.11. The highest BCUT2D eigenvalue weighted by molar-refractivity contribution is 5.85. The molecule has 0 radical (unpaired) electrons. The molecule has 3 N–H and O–H groups in total. The molecule has 0 bridgehead atoms. The maximum atomic E-state index is 10.4. The first kappa shape index (κ1) is 12.7. The summed E-state index contributed by atoms with van der Waals surface area (Å²) in [5, 5.41) is 2.70. The molecule has 1 saturated heterocycles. The zero-order chi connectivity index (χ0) is 5.98. The van der Waals surface area contributed by atoms with Gasteiger partial charge < -0.3 is 11.1 Å². The van der Waals surface area contributed by atoms with Gasteiger partial charge >= 0.3 is 0 Å². The van der Waals surface area contributed by atoms with Crippen LogP contribution in [-0.2, 0) is 4.79 Å². The van der Waals surface area contributed by atoms with E-state index in [1.807, 2.05) is 0 Å². The van der Waals surface area contributed by atoms with E-state index in [1.54, 1.807) is 0 Å². The van der Waals surface area contributed by atoms with Gasteiger partial charge in [0.1, 0.15) is 0 Å². The minimum atomic E-state index is 0. The third-order valence-corrected chi connectivity index (χ3v) is 1.40. The Bertz CT molecular complexity index is 110. The Hall–Kier alpha value is 0.01000. The van der Waals surface area contributed by atoms with E-state index in [-0.39, 0.29) is 30.7 Å². The molecule has 5 heteroatoms. The zero-order valence-electron chi connectivity index (χ0n) is 5.50. The Morgan fingerprint density at radius 1 is 1.60 bits per heavy atom. The van der Waals surface area contributed by atoms with Crippen molar-refractivity contribution in [3.63, 3.8) is 0 Å². The third-order valence-electron chi connectivity index (χ3n) is 1.40. The van der Waals surface area contributed by atoms with Gasteiger partial charge in [0.25, 0.3) is 0 Å². The predicted molar refractivity (Wildman–Crippen MR) is 44.7 cm³/mol. The van der Waals surface area contributed by atoms with Crippen LogP contribution >= 0.6 is 24.8 Å². The Morgan fingerprint density at radius 3 is 2.40 bits per heavy atom. The fraction of sp³-hybridized carbons (Fsp3) is 0.800. The molecule has 0 saturated carbocycles.